The van der Waals surface area contributed by atoms with E-state index in [0.717, 1.165) is 19.3 Å². The Balaban J connectivity index is 3.14. The number of alkyl halides is 1. The van der Waals surface area contributed by atoms with Gasteiger partial charge in [-0.3, -0.25) is 8.57 Å². The zero-order valence-corrected chi connectivity index (χ0v) is 22.9. The number of rotatable bonds is 28. The van der Waals surface area contributed by atoms with E-state index in [0.29, 0.717) is 12.8 Å². The highest BCUT2D eigenvalue weighted by Gasteiger charge is 2.10. The molecule has 0 aromatic heterocycles. The van der Waals surface area contributed by atoms with E-state index in [4.69, 9.17) is 4.18 Å². The zero-order valence-electron chi connectivity index (χ0n) is 22.1. The Morgan fingerprint density at radius 1 is 0.485 bits per heavy atom. The monoisotopic (exact) mass is 492 g/mol. The lowest BCUT2D eigenvalue weighted by Gasteiger charge is -2.05. The topological polar surface area (TPSA) is 43.4 Å². The van der Waals surface area contributed by atoms with Gasteiger partial charge in [0.25, 0.3) is 10.1 Å². The molecule has 200 valence electrons. The quantitative estimate of drug-likeness (QED) is 0.0806. The first-order valence-electron chi connectivity index (χ1n) is 14.6. The Hall–Kier alpha value is -0.160. The molecule has 0 aromatic rings. The predicted molar refractivity (Wildman–Crippen MR) is 142 cm³/mol. The van der Waals surface area contributed by atoms with E-state index in [9.17, 15) is 12.8 Å². The second-order valence-corrected chi connectivity index (χ2v) is 11.7. The fourth-order valence-corrected chi connectivity index (χ4v) is 5.38. The normalized spacial score (nSPS) is 11.9. The number of unbranched alkanes of at least 4 members (excludes halogenated alkanes) is 22. The molecule has 0 bridgehead atoms. The van der Waals surface area contributed by atoms with Gasteiger partial charge in [0.1, 0.15) is 0 Å². The maximum absolute atomic E-state index is 12.0. The SMILES string of the molecule is CCCCCCCCCCCCCCCCCCCCCCCCOS(=O)(=O)CCCCF. The van der Waals surface area contributed by atoms with Crippen LogP contribution in [0.4, 0.5) is 4.39 Å². The van der Waals surface area contributed by atoms with Crippen LogP contribution >= 0.6 is 0 Å². The van der Waals surface area contributed by atoms with Crippen molar-refractivity contribution >= 4 is 10.1 Å². The summed E-state index contributed by atoms with van der Waals surface area (Å²) in [5.41, 5.74) is 0. The van der Waals surface area contributed by atoms with Crippen LogP contribution < -0.4 is 0 Å². The van der Waals surface area contributed by atoms with Crippen molar-refractivity contribution in [2.24, 2.45) is 0 Å². The molecule has 0 N–H and O–H groups in total. The van der Waals surface area contributed by atoms with Gasteiger partial charge in [-0.15, -0.1) is 0 Å². The highest BCUT2D eigenvalue weighted by atomic mass is 32.2. The van der Waals surface area contributed by atoms with Crippen molar-refractivity contribution in [3.05, 3.63) is 0 Å². The molecular weight excluding hydrogens is 435 g/mol. The van der Waals surface area contributed by atoms with Crippen LogP contribution in [-0.2, 0) is 14.3 Å². The van der Waals surface area contributed by atoms with E-state index in [1.165, 1.54) is 122 Å². The highest BCUT2D eigenvalue weighted by molar-refractivity contribution is 7.86. The molecule has 0 aliphatic rings. The first kappa shape index (κ1) is 32.8. The summed E-state index contributed by atoms with van der Waals surface area (Å²) >= 11 is 0. The second kappa shape index (κ2) is 26.4. The van der Waals surface area contributed by atoms with Gasteiger partial charge in [0, 0.05) is 0 Å². The van der Waals surface area contributed by atoms with Crippen LogP contribution in [-0.4, -0.2) is 27.5 Å². The summed E-state index contributed by atoms with van der Waals surface area (Å²) < 4.78 is 40.1. The van der Waals surface area contributed by atoms with Gasteiger partial charge in [0.15, 0.2) is 0 Å². The molecule has 0 aromatic carbocycles. The summed E-state index contributed by atoms with van der Waals surface area (Å²) in [6.07, 6.45) is 30.2. The van der Waals surface area contributed by atoms with Gasteiger partial charge in [-0.05, 0) is 19.3 Å². The summed E-state index contributed by atoms with van der Waals surface area (Å²) in [5.74, 6) is -0.0593. The maximum Gasteiger partial charge on any atom is 0.267 e. The summed E-state index contributed by atoms with van der Waals surface area (Å²) in [4.78, 5) is 0. The maximum atomic E-state index is 12.0. The van der Waals surface area contributed by atoms with Gasteiger partial charge >= 0.3 is 0 Å². The standard InChI is InChI=1S/C28H57FO3S/c1-2-3-4-5-6-7-8-9-10-11-12-13-14-15-16-17-18-19-20-21-22-24-27-32-33(30,31)28-25-23-26-29/h2-28H2,1H3. The Morgan fingerprint density at radius 3 is 1.15 bits per heavy atom. The Bertz CT molecular complexity index is 468. The van der Waals surface area contributed by atoms with Gasteiger partial charge in [-0.2, -0.15) is 8.42 Å². The fourth-order valence-electron chi connectivity index (χ4n) is 4.33. The number of halogens is 1. The van der Waals surface area contributed by atoms with E-state index < -0.39 is 16.8 Å². The van der Waals surface area contributed by atoms with Crippen molar-refractivity contribution in [1.29, 1.82) is 0 Å². The Kier molecular flexibility index (Phi) is 26.3. The molecule has 33 heavy (non-hydrogen) atoms. The Morgan fingerprint density at radius 2 is 0.818 bits per heavy atom. The number of hydrogen-bond donors (Lipinski definition) is 0. The van der Waals surface area contributed by atoms with E-state index in [2.05, 4.69) is 6.92 Å². The van der Waals surface area contributed by atoms with Crippen molar-refractivity contribution in [3.8, 4) is 0 Å². The second-order valence-electron chi connectivity index (χ2n) is 9.90. The van der Waals surface area contributed by atoms with E-state index >= 15 is 0 Å². The average Bonchev–Trinajstić information content (AvgIpc) is 2.79. The van der Waals surface area contributed by atoms with Crippen LogP contribution in [0.15, 0.2) is 0 Å². The highest BCUT2D eigenvalue weighted by Crippen LogP contribution is 2.15. The van der Waals surface area contributed by atoms with Crippen LogP contribution in [0.2, 0.25) is 0 Å². The van der Waals surface area contributed by atoms with Gasteiger partial charge in [0.2, 0.25) is 0 Å². The zero-order chi connectivity index (χ0) is 24.3. The number of hydrogen-bond acceptors (Lipinski definition) is 3. The van der Waals surface area contributed by atoms with E-state index in [1.54, 1.807) is 0 Å². The van der Waals surface area contributed by atoms with E-state index in [-0.39, 0.29) is 12.4 Å². The molecule has 0 unspecified atom stereocenters. The summed E-state index contributed by atoms with van der Waals surface area (Å²) in [6, 6.07) is 0. The molecular formula is C28H57FO3S. The van der Waals surface area contributed by atoms with Crippen molar-refractivity contribution in [2.45, 2.75) is 161 Å². The third-order valence-electron chi connectivity index (χ3n) is 6.54. The minimum atomic E-state index is -3.45. The molecule has 3 nitrogen and oxygen atoms in total. The molecule has 0 radical (unpaired) electrons. The van der Waals surface area contributed by atoms with Gasteiger partial charge in [-0.25, -0.2) is 0 Å². The van der Waals surface area contributed by atoms with Gasteiger partial charge in [-0.1, -0.05) is 142 Å². The van der Waals surface area contributed by atoms with Gasteiger partial charge < -0.3 is 0 Å². The first-order valence-corrected chi connectivity index (χ1v) is 16.1. The van der Waals surface area contributed by atoms with Crippen LogP contribution in [0.1, 0.15) is 161 Å². The first-order chi connectivity index (χ1) is 16.1. The Labute approximate surface area is 207 Å². The largest absolute Gasteiger partial charge is 0.270 e. The smallest absolute Gasteiger partial charge is 0.267 e. The minimum Gasteiger partial charge on any atom is -0.270 e. The molecule has 0 rings (SSSR count). The van der Waals surface area contributed by atoms with Crippen molar-refractivity contribution in [3.63, 3.8) is 0 Å². The average molecular weight is 493 g/mol. The molecule has 0 aliphatic heterocycles. The lowest BCUT2D eigenvalue weighted by atomic mass is 10.0. The van der Waals surface area contributed by atoms with Crippen molar-refractivity contribution < 1.29 is 17.0 Å². The molecule has 0 saturated heterocycles. The van der Waals surface area contributed by atoms with Crippen LogP contribution in [0, 0.1) is 0 Å². The molecule has 0 heterocycles. The molecule has 0 amide bonds. The summed E-state index contributed by atoms with van der Waals surface area (Å²) in [6.45, 7) is 2.10. The minimum absolute atomic E-state index is 0.0593. The molecule has 5 heteroatoms. The van der Waals surface area contributed by atoms with Crippen LogP contribution in [0.25, 0.3) is 0 Å². The lowest BCUT2D eigenvalue weighted by Crippen LogP contribution is -2.11. The fraction of sp³-hybridized carbons (Fsp3) is 1.00. The molecule has 0 atom stereocenters. The summed E-state index contributed by atoms with van der Waals surface area (Å²) in [5, 5.41) is 0. The van der Waals surface area contributed by atoms with E-state index in [1.807, 2.05) is 0 Å². The predicted octanol–water partition coefficient (Wildman–Crippen LogP) is 9.68. The molecule has 0 spiro atoms. The third-order valence-corrected chi connectivity index (χ3v) is 7.85. The lowest BCUT2D eigenvalue weighted by molar-refractivity contribution is 0.305. The van der Waals surface area contributed by atoms with Crippen LogP contribution in [0.5, 0.6) is 0 Å². The van der Waals surface area contributed by atoms with Crippen LogP contribution in [0.3, 0.4) is 0 Å². The van der Waals surface area contributed by atoms with Crippen molar-refractivity contribution in [1.82, 2.24) is 0 Å². The molecule has 0 saturated carbocycles. The summed E-state index contributed by atoms with van der Waals surface area (Å²) in [7, 11) is -3.45. The molecule has 0 aliphatic carbocycles. The van der Waals surface area contributed by atoms with Gasteiger partial charge in [0.05, 0.1) is 19.0 Å². The third kappa shape index (κ3) is 28.0. The van der Waals surface area contributed by atoms with Crippen molar-refractivity contribution in [2.75, 3.05) is 19.0 Å². The molecule has 0 fully saturated rings.